The second-order valence-electron chi connectivity index (χ2n) is 3.83. The number of hydrogen-bond donors (Lipinski definition) is 0. The number of rotatable bonds is 2. The van der Waals surface area contributed by atoms with E-state index in [1.807, 2.05) is 13.8 Å². The lowest BCUT2D eigenvalue weighted by Gasteiger charge is -2.36. The molecule has 0 heterocycles. The first-order valence-electron chi connectivity index (χ1n) is 4.43. The molecule has 0 saturated heterocycles. The summed E-state index contributed by atoms with van der Waals surface area (Å²) < 4.78 is 13.5. The van der Waals surface area contributed by atoms with E-state index in [-0.39, 0.29) is 11.9 Å². The SMILES string of the molecule is CC(C)N(C)C(=O)C1(F)CCC1. The highest BCUT2D eigenvalue weighted by atomic mass is 19.1. The van der Waals surface area contributed by atoms with Crippen molar-refractivity contribution in [2.75, 3.05) is 7.05 Å². The van der Waals surface area contributed by atoms with E-state index in [1.54, 1.807) is 7.05 Å². The fraction of sp³-hybridized carbons (Fsp3) is 0.889. The van der Waals surface area contributed by atoms with Gasteiger partial charge in [-0.15, -0.1) is 0 Å². The lowest BCUT2D eigenvalue weighted by atomic mass is 9.81. The van der Waals surface area contributed by atoms with E-state index in [1.165, 1.54) is 4.90 Å². The van der Waals surface area contributed by atoms with Crippen LogP contribution in [0.5, 0.6) is 0 Å². The molecule has 0 aromatic carbocycles. The molecule has 0 spiro atoms. The third kappa shape index (κ3) is 1.45. The fourth-order valence-corrected chi connectivity index (χ4v) is 1.25. The van der Waals surface area contributed by atoms with Crippen molar-refractivity contribution in [2.24, 2.45) is 0 Å². The molecule has 1 aliphatic rings. The van der Waals surface area contributed by atoms with Gasteiger partial charge in [0.2, 0.25) is 0 Å². The highest BCUT2D eigenvalue weighted by Crippen LogP contribution is 2.37. The summed E-state index contributed by atoms with van der Waals surface area (Å²) in [6.45, 7) is 3.78. The molecule has 12 heavy (non-hydrogen) atoms. The molecular formula is C9H16FNO. The molecule has 0 aromatic heterocycles. The Morgan fingerprint density at radius 1 is 1.50 bits per heavy atom. The first-order valence-corrected chi connectivity index (χ1v) is 4.43. The van der Waals surface area contributed by atoms with Gasteiger partial charge in [0, 0.05) is 13.1 Å². The third-order valence-electron chi connectivity index (χ3n) is 2.62. The van der Waals surface area contributed by atoms with E-state index in [0.717, 1.165) is 6.42 Å². The monoisotopic (exact) mass is 173 g/mol. The van der Waals surface area contributed by atoms with Gasteiger partial charge in [-0.3, -0.25) is 4.79 Å². The van der Waals surface area contributed by atoms with Crippen molar-refractivity contribution in [3.8, 4) is 0 Å². The van der Waals surface area contributed by atoms with E-state index in [4.69, 9.17) is 0 Å². The predicted octanol–water partition coefficient (Wildman–Crippen LogP) is 1.75. The maximum absolute atomic E-state index is 13.5. The minimum atomic E-state index is -1.53. The Morgan fingerprint density at radius 2 is 2.00 bits per heavy atom. The molecule has 2 nitrogen and oxygen atoms in total. The number of alkyl halides is 1. The number of halogens is 1. The minimum absolute atomic E-state index is 0.0886. The van der Waals surface area contributed by atoms with Crippen molar-refractivity contribution in [1.82, 2.24) is 4.90 Å². The zero-order chi connectivity index (χ0) is 9.35. The molecule has 1 aliphatic carbocycles. The Bertz CT molecular complexity index is 187. The highest BCUT2D eigenvalue weighted by Gasteiger charge is 2.46. The van der Waals surface area contributed by atoms with E-state index in [9.17, 15) is 9.18 Å². The van der Waals surface area contributed by atoms with Crippen molar-refractivity contribution < 1.29 is 9.18 Å². The number of amides is 1. The van der Waals surface area contributed by atoms with E-state index in [0.29, 0.717) is 12.8 Å². The van der Waals surface area contributed by atoms with Crippen LogP contribution in [-0.4, -0.2) is 29.6 Å². The molecule has 0 unspecified atom stereocenters. The van der Waals surface area contributed by atoms with E-state index < -0.39 is 5.67 Å². The van der Waals surface area contributed by atoms with Crippen LogP contribution in [0.2, 0.25) is 0 Å². The quantitative estimate of drug-likeness (QED) is 0.623. The smallest absolute Gasteiger partial charge is 0.260 e. The summed E-state index contributed by atoms with van der Waals surface area (Å²) in [5, 5.41) is 0. The molecule has 0 aliphatic heterocycles. The van der Waals surface area contributed by atoms with Gasteiger partial charge in [-0.05, 0) is 33.1 Å². The Labute approximate surface area is 72.7 Å². The van der Waals surface area contributed by atoms with Crippen molar-refractivity contribution in [3.05, 3.63) is 0 Å². The summed E-state index contributed by atoms with van der Waals surface area (Å²) in [5.74, 6) is -0.344. The molecule has 0 atom stereocenters. The minimum Gasteiger partial charge on any atom is -0.341 e. The molecule has 0 radical (unpaired) electrons. The molecular weight excluding hydrogens is 157 g/mol. The van der Waals surface area contributed by atoms with Crippen molar-refractivity contribution in [2.45, 2.75) is 44.8 Å². The Balaban J connectivity index is 2.57. The Morgan fingerprint density at radius 3 is 2.25 bits per heavy atom. The van der Waals surface area contributed by atoms with Crippen LogP contribution in [0.3, 0.4) is 0 Å². The fourth-order valence-electron chi connectivity index (χ4n) is 1.25. The normalized spacial score (nSPS) is 20.4. The van der Waals surface area contributed by atoms with Gasteiger partial charge in [0.15, 0.2) is 5.67 Å². The lowest BCUT2D eigenvalue weighted by Crippen LogP contribution is -2.50. The second kappa shape index (κ2) is 3.04. The third-order valence-corrected chi connectivity index (χ3v) is 2.62. The predicted molar refractivity (Wildman–Crippen MR) is 45.6 cm³/mol. The van der Waals surface area contributed by atoms with Gasteiger partial charge >= 0.3 is 0 Å². The number of carbonyl (C=O) groups excluding carboxylic acids is 1. The molecule has 70 valence electrons. The molecule has 0 N–H and O–H groups in total. The van der Waals surface area contributed by atoms with Crippen LogP contribution in [-0.2, 0) is 4.79 Å². The van der Waals surface area contributed by atoms with Gasteiger partial charge in [0.05, 0.1) is 0 Å². The Kier molecular flexibility index (Phi) is 2.40. The molecule has 1 amide bonds. The summed E-state index contributed by atoms with van der Waals surface area (Å²) in [6, 6.07) is 0.0886. The number of carbonyl (C=O) groups is 1. The number of nitrogens with zero attached hydrogens (tertiary/aromatic N) is 1. The van der Waals surface area contributed by atoms with Gasteiger partial charge in [-0.1, -0.05) is 0 Å². The van der Waals surface area contributed by atoms with Crippen LogP contribution in [0, 0.1) is 0 Å². The molecule has 1 fully saturated rings. The van der Waals surface area contributed by atoms with Crippen molar-refractivity contribution in [3.63, 3.8) is 0 Å². The van der Waals surface area contributed by atoms with Gasteiger partial charge in [0.25, 0.3) is 5.91 Å². The van der Waals surface area contributed by atoms with E-state index in [2.05, 4.69) is 0 Å². The summed E-state index contributed by atoms with van der Waals surface area (Å²) in [4.78, 5) is 12.9. The standard InChI is InChI=1S/C9H16FNO/c1-7(2)11(3)8(12)9(10)5-4-6-9/h7H,4-6H2,1-3H3. The van der Waals surface area contributed by atoms with Gasteiger partial charge in [-0.25, -0.2) is 4.39 Å². The van der Waals surface area contributed by atoms with Crippen LogP contribution in [0.25, 0.3) is 0 Å². The van der Waals surface area contributed by atoms with Gasteiger partial charge in [0.1, 0.15) is 0 Å². The van der Waals surface area contributed by atoms with E-state index >= 15 is 0 Å². The van der Waals surface area contributed by atoms with Crippen molar-refractivity contribution >= 4 is 5.91 Å². The lowest BCUT2D eigenvalue weighted by molar-refractivity contribution is -0.150. The maximum Gasteiger partial charge on any atom is 0.260 e. The van der Waals surface area contributed by atoms with Crippen molar-refractivity contribution in [1.29, 1.82) is 0 Å². The zero-order valence-electron chi connectivity index (χ0n) is 7.93. The van der Waals surface area contributed by atoms with Gasteiger partial charge in [-0.2, -0.15) is 0 Å². The maximum atomic E-state index is 13.5. The molecule has 1 rings (SSSR count). The summed E-state index contributed by atoms with van der Waals surface area (Å²) >= 11 is 0. The van der Waals surface area contributed by atoms with Crippen LogP contribution in [0.1, 0.15) is 33.1 Å². The van der Waals surface area contributed by atoms with Crippen LogP contribution >= 0.6 is 0 Å². The van der Waals surface area contributed by atoms with Crippen LogP contribution < -0.4 is 0 Å². The molecule has 0 aromatic rings. The molecule has 3 heteroatoms. The highest BCUT2D eigenvalue weighted by molar-refractivity contribution is 5.86. The first kappa shape index (κ1) is 9.49. The van der Waals surface area contributed by atoms with Crippen LogP contribution in [0.4, 0.5) is 4.39 Å². The first-order chi connectivity index (χ1) is 5.47. The largest absolute Gasteiger partial charge is 0.341 e. The number of hydrogen-bond acceptors (Lipinski definition) is 1. The summed E-state index contributed by atoms with van der Waals surface area (Å²) in [6.07, 6.45) is 1.65. The molecule has 1 saturated carbocycles. The van der Waals surface area contributed by atoms with Gasteiger partial charge < -0.3 is 4.90 Å². The summed E-state index contributed by atoms with van der Waals surface area (Å²) in [7, 11) is 1.66. The molecule has 0 bridgehead atoms. The summed E-state index contributed by atoms with van der Waals surface area (Å²) in [5.41, 5.74) is -1.53. The Hall–Kier alpha value is -0.600. The van der Waals surface area contributed by atoms with Crippen LogP contribution in [0.15, 0.2) is 0 Å². The zero-order valence-corrected chi connectivity index (χ0v) is 7.93. The second-order valence-corrected chi connectivity index (χ2v) is 3.83. The average molecular weight is 173 g/mol. The average Bonchev–Trinajstić information content (AvgIpc) is 1.97. The topological polar surface area (TPSA) is 20.3 Å².